The van der Waals surface area contributed by atoms with Crippen LogP contribution in [0.3, 0.4) is 0 Å². The van der Waals surface area contributed by atoms with Gasteiger partial charge in [-0.05, 0) is 11.6 Å². The molecule has 1 aromatic heterocycles. The summed E-state index contributed by atoms with van der Waals surface area (Å²) in [5, 5.41) is 3.77. The topological polar surface area (TPSA) is 74.0 Å². The fourth-order valence-corrected chi connectivity index (χ4v) is 2.60. The molecule has 146 valence electrons. The van der Waals surface area contributed by atoms with Gasteiger partial charge in [0.05, 0.1) is 11.2 Å². The number of fused-ring (bicyclic) bond motifs is 1. The summed E-state index contributed by atoms with van der Waals surface area (Å²) in [4.78, 5) is 26.6. The van der Waals surface area contributed by atoms with Gasteiger partial charge in [0.25, 0.3) is 0 Å². The summed E-state index contributed by atoms with van der Waals surface area (Å²) in [7, 11) is 0. The number of benzene rings is 2. The van der Waals surface area contributed by atoms with E-state index in [1.165, 1.54) is 18.2 Å². The summed E-state index contributed by atoms with van der Waals surface area (Å²) < 4.78 is 66.4. The van der Waals surface area contributed by atoms with Gasteiger partial charge in [0.1, 0.15) is 0 Å². The second-order valence-corrected chi connectivity index (χ2v) is 5.83. The van der Waals surface area contributed by atoms with Crippen LogP contribution in [0.5, 0.6) is 0 Å². The van der Waals surface area contributed by atoms with E-state index >= 15 is 0 Å². The first kappa shape index (κ1) is 19.3. The lowest BCUT2D eigenvalue weighted by Crippen LogP contribution is -2.43. The standard InChI is InChI=1S/C18H12F5N3O2/c19-11-6-10-13(7-12(11)20)24-8-14(10)25-16(27)17(28)26-15(18(21,22)23)9-4-2-1-3-5-9/h1-8,15,24H,(H,25,27)(H,26,28). The van der Waals surface area contributed by atoms with Crippen molar-refractivity contribution in [1.29, 1.82) is 0 Å². The molecule has 2 aromatic carbocycles. The van der Waals surface area contributed by atoms with Crippen molar-refractivity contribution in [3.63, 3.8) is 0 Å². The van der Waals surface area contributed by atoms with Gasteiger partial charge in [-0.25, -0.2) is 8.78 Å². The van der Waals surface area contributed by atoms with Crippen LogP contribution in [0, 0.1) is 11.6 Å². The van der Waals surface area contributed by atoms with Crippen LogP contribution in [0.4, 0.5) is 27.6 Å². The van der Waals surface area contributed by atoms with Crippen molar-refractivity contribution in [1.82, 2.24) is 10.3 Å². The average Bonchev–Trinajstić information content (AvgIpc) is 3.01. The van der Waals surface area contributed by atoms with Crippen molar-refractivity contribution in [3.05, 3.63) is 65.9 Å². The first-order chi connectivity index (χ1) is 13.2. The van der Waals surface area contributed by atoms with E-state index < -0.39 is 35.7 Å². The number of anilines is 1. The number of hydrogen-bond donors (Lipinski definition) is 3. The van der Waals surface area contributed by atoms with Crippen LogP contribution in [-0.2, 0) is 9.59 Å². The Balaban J connectivity index is 1.79. The van der Waals surface area contributed by atoms with Gasteiger partial charge in [0, 0.05) is 17.6 Å². The Kier molecular flexibility index (Phi) is 5.04. The number of H-pyrrole nitrogens is 1. The molecule has 0 bridgehead atoms. The van der Waals surface area contributed by atoms with Crippen molar-refractivity contribution in [3.8, 4) is 0 Å². The molecule has 1 atom stereocenters. The monoisotopic (exact) mass is 397 g/mol. The van der Waals surface area contributed by atoms with E-state index in [0.29, 0.717) is 0 Å². The predicted octanol–water partition coefficient (Wildman–Crippen LogP) is 3.80. The first-order valence-corrected chi connectivity index (χ1v) is 7.86. The van der Waals surface area contributed by atoms with Crippen molar-refractivity contribution >= 4 is 28.4 Å². The zero-order valence-corrected chi connectivity index (χ0v) is 13.9. The van der Waals surface area contributed by atoms with Crippen molar-refractivity contribution in [2.45, 2.75) is 12.2 Å². The molecule has 3 rings (SSSR count). The number of aromatic amines is 1. The molecule has 1 unspecified atom stereocenters. The number of carbonyl (C=O) groups excluding carboxylic acids is 2. The van der Waals surface area contributed by atoms with Crippen LogP contribution in [-0.4, -0.2) is 23.0 Å². The van der Waals surface area contributed by atoms with E-state index in [0.717, 1.165) is 30.5 Å². The Labute approximate surface area is 154 Å². The van der Waals surface area contributed by atoms with E-state index in [4.69, 9.17) is 0 Å². The van der Waals surface area contributed by atoms with Crippen LogP contribution >= 0.6 is 0 Å². The number of alkyl halides is 3. The number of aromatic nitrogens is 1. The summed E-state index contributed by atoms with van der Waals surface area (Å²) in [6, 6.07) is 5.79. The Morgan fingerprint density at radius 1 is 0.964 bits per heavy atom. The molecule has 3 N–H and O–H groups in total. The van der Waals surface area contributed by atoms with Gasteiger partial charge in [-0.1, -0.05) is 30.3 Å². The largest absolute Gasteiger partial charge is 0.412 e. The highest BCUT2D eigenvalue weighted by molar-refractivity contribution is 6.40. The summed E-state index contributed by atoms with van der Waals surface area (Å²) in [5.41, 5.74) is -0.204. The fourth-order valence-electron chi connectivity index (χ4n) is 2.60. The van der Waals surface area contributed by atoms with Crippen molar-refractivity contribution in [2.75, 3.05) is 5.32 Å². The third kappa shape index (κ3) is 3.95. The van der Waals surface area contributed by atoms with Crippen LogP contribution in [0.2, 0.25) is 0 Å². The quantitative estimate of drug-likeness (QED) is 0.465. The van der Waals surface area contributed by atoms with Crippen LogP contribution in [0.1, 0.15) is 11.6 Å². The molecule has 0 saturated carbocycles. The summed E-state index contributed by atoms with van der Waals surface area (Å²) in [5.74, 6) is -5.24. The molecule has 0 aliphatic carbocycles. The lowest BCUT2D eigenvalue weighted by Gasteiger charge is -2.21. The fraction of sp³-hybridized carbons (Fsp3) is 0.111. The molecule has 0 fully saturated rings. The summed E-state index contributed by atoms with van der Waals surface area (Å²) >= 11 is 0. The van der Waals surface area contributed by atoms with Gasteiger partial charge in [-0.15, -0.1) is 0 Å². The zero-order valence-electron chi connectivity index (χ0n) is 13.9. The SMILES string of the molecule is O=C(Nc1c[nH]c2cc(F)c(F)cc12)C(=O)NC(c1ccccc1)C(F)(F)F. The first-order valence-electron chi connectivity index (χ1n) is 7.86. The predicted molar refractivity (Wildman–Crippen MR) is 90.2 cm³/mol. The molecule has 0 spiro atoms. The Bertz CT molecular complexity index is 1030. The van der Waals surface area contributed by atoms with E-state index in [2.05, 4.69) is 10.3 Å². The molecule has 0 aliphatic heterocycles. The minimum atomic E-state index is -4.83. The molecule has 5 nitrogen and oxygen atoms in total. The highest BCUT2D eigenvalue weighted by Crippen LogP contribution is 2.32. The van der Waals surface area contributed by atoms with E-state index in [1.54, 1.807) is 5.32 Å². The number of rotatable bonds is 3. The molecule has 2 amide bonds. The number of hydrogen-bond acceptors (Lipinski definition) is 2. The zero-order chi connectivity index (χ0) is 20.5. The Morgan fingerprint density at radius 2 is 1.61 bits per heavy atom. The molecule has 28 heavy (non-hydrogen) atoms. The molecular formula is C18H12F5N3O2. The van der Waals surface area contributed by atoms with Crippen LogP contribution < -0.4 is 10.6 Å². The minimum Gasteiger partial charge on any atom is -0.359 e. The molecule has 10 heteroatoms. The van der Waals surface area contributed by atoms with Gasteiger partial charge < -0.3 is 15.6 Å². The Hall–Kier alpha value is -3.43. The lowest BCUT2D eigenvalue weighted by molar-refractivity contribution is -0.164. The van der Waals surface area contributed by atoms with E-state index in [9.17, 15) is 31.5 Å². The molecule has 3 aromatic rings. The Morgan fingerprint density at radius 3 is 2.25 bits per heavy atom. The molecule has 0 aliphatic rings. The molecule has 1 heterocycles. The third-order valence-electron chi connectivity index (χ3n) is 3.91. The van der Waals surface area contributed by atoms with Crippen molar-refractivity contribution in [2.24, 2.45) is 0 Å². The lowest BCUT2D eigenvalue weighted by atomic mass is 10.1. The highest BCUT2D eigenvalue weighted by atomic mass is 19.4. The van der Waals surface area contributed by atoms with Gasteiger partial charge in [-0.3, -0.25) is 9.59 Å². The van der Waals surface area contributed by atoms with E-state index in [1.807, 2.05) is 0 Å². The highest BCUT2D eigenvalue weighted by Gasteiger charge is 2.42. The maximum Gasteiger partial charge on any atom is 0.412 e. The number of amides is 2. The number of halogens is 5. The average molecular weight is 397 g/mol. The van der Waals surface area contributed by atoms with Crippen LogP contribution in [0.25, 0.3) is 10.9 Å². The number of carbonyl (C=O) groups is 2. The maximum atomic E-state index is 13.4. The van der Waals surface area contributed by atoms with Gasteiger partial charge in [0.2, 0.25) is 0 Å². The van der Waals surface area contributed by atoms with Crippen molar-refractivity contribution < 1.29 is 31.5 Å². The smallest absolute Gasteiger partial charge is 0.359 e. The molecular weight excluding hydrogens is 385 g/mol. The van der Waals surface area contributed by atoms with Gasteiger partial charge in [0.15, 0.2) is 17.7 Å². The molecule has 0 saturated heterocycles. The second kappa shape index (κ2) is 7.29. The third-order valence-corrected chi connectivity index (χ3v) is 3.91. The number of nitrogens with one attached hydrogen (secondary N) is 3. The van der Waals surface area contributed by atoms with E-state index in [-0.39, 0.29) is 22.2 Å². The minimum absolute atomic E-state index is 0.0514. The normalized spacial score (nSPS) is 12.6. The van der Waals surface area contributed by atoms with Crippen LogP contribution in [0.15, 0.2) is 48.7 Å². The summed E-state index contributed by atoms with van der Waals surface area (Å²) in [6.07, 6.45) is -3.67. The second-order valence-electron chi connectivity index (χ2n) is 5.83. The van der Waals surface area contributed by atoms with Gasteiger partial charge in [-0.2, -0.15) is 13.2 Å². The maximum absolute atomic E-state index is 13.4. The van der Waals surface area contributed by atoms with Gasteiger partial charge >= 0.3 is 18.0 Å². The summed E-state index contributed by atoms with van der Waals surface area (Å²) in [6.45, 7) is 0. The molecule has 0 radical (unpaired) electrons.